The fourth-order valence-electron chi connectivity index (χ4n) is 2.60. The molecule has 4 heteroatoms. The quantitative estimate of drug-likeness (QED) is 0.784. The van der Waals surface area contributed by atoms with Crippen LogP contribution in [0.2, 0.25) is 10.0 Å². The van der Waals surface area contributed by atoms with Crippen LogP contribution in [0.15, 0.2) is 18.2 Å². The predicted molar refractivity (Wildman–Crippen MR) is 76.4 cm³/mol. The summed E-state index contributed by atoms with van der Waals surface area (Å²) in [5, 5.41) is 12.2. The molecule has 1 saturated carbocycles. The largest absolute Gasteiger partial charge is 0.392 e. The highest BCUT2D eigenvalue weighted by atomic mass is 79.9. The lowest BCUT2D eigenvalue weighted by molar-refractivity contribution is 0.0555. The van der Waals surface area contributed by atoms with Gasteiger partial charge in [-0.2, -0.15) is 0 Å². The highest BCUT2D eigenvalue weighted by Crippen LogP contribution is 2.42. The van der Waals surface area contributed by atoms with Crippen LogP contribution in [-0.4, -0.2) is 16.5 Å². The van der Waals surface area contributed by atoms with Crippen LogP contribution in [0.5, 0.6) is 0 Å². The van der Waals surface area contributed by atoms with Crippen molar-refractivity contribution in [2.45, 2.75) is 37.2 Å². The van der Waals surface area contributed by atoms with E-state index in [-0.39, 0.29) is 11.5 Å². The first-order valence-corrected chi connectivity index (χ1v) is 7.67. The summed E-state index contributed by atoms with van der Waals surface area (Å²) in [6, 6.07) is 5.68. The van der Waals surface area contributed by atoms with Crippen molar-refractivity contribution in [2.75, 3.05) is 5.33 Å². The van der Waals surface area contributed by atoms with Crippen molar-refractivity contribution in [1.82, 2.24) is 0 Å². The molecule has 17 heavy (non-hydrogen) atoms. The van der Waals surface area contributed by atoms with Gasteiger partial charge < -0.3 is 5.11 Å². The topological polar surface area (TPSA) is 20.2 Å². The molecule has 0 amide bonds. The van der Waals surface area contributed by atoms with Crippen molar-refractivity contribution in [3.05, 3.63) is 33.8 Å². The average molecular weight is 338 g/mol. The van der Waals surface area contributed by atoms with Crippen molar-refractivity contribution in [3.8, 4) is 0 Å². The summed E-state index contributed by atoms with van der Waals surface area (Å²) in [6.07, 6.45) is 3.76. The summed E-state index contributed by atoms with van der Waals surface area (Å²) in [4.78, 5) is 0. The molecule has 0 heterocycles. The molecule has 0 aliphatic heterocycles. The molecule has 1 N–H and O–H groups in total. The summed E-state index contributed by atoms with van der Waals surface area (Å²) in [5.41, 5.74) is 0.864. The zero-order valence-corrected chi connectivity index (χ0v) is 12.5. The third-order valence-electron chi connectivity index (χ3n) is 3.72. The molecule has 0 saturated heterocycles. The molecule has 1 aromatic carbocycles. The molecule has 94 valence electrons. The second-order valence-corrected chi connectivity index (χ2v) is 6.06. The van der Waals surface area contributed by atoms with Gasteiger partial charge in [0.1, 0.15) is 0 Å². The molecule has 1 nitrogen and oxygen atoms in total. The van der Waals surface area contributed by atoms with Gasteiger partial charge in [-0.15, -0.1) is 0 Å². The van der Waals surface area contributed by atoms with Gasteiger partial charge in [-0.25, -0.2) is 0 Å². The standard InChI is InChI=1S/C13H15BrCl2O/c14-8-13(6-2-1-3-12(13)17)9-4-5-10(15)11(16)7-9/h4-5,7,12,17H,1-3,6,8H2/t12-,13+/m0/s1. The number of aliphatic hydroxyl groups excluding tert-OH is 1. The SMILES string of the molecule is O[C@H]1CCCC[C@@]1(CBr)c1ccc(Cl)c(Cl)c1. The smallest absolute Gasteiger partial charge is 0.0644 e. The van der Waals surface area contributed by atoms with Gasteiger partial charge in [-0.1, -0.05) is 58.0 Å². The van der Waals surface area contributed by atoms with E-state index in [1.807, 2.05) is 18.2 Å². The van der Waals surface area contributed by atoms with Gasteiger partial charge in [0.15, 0.2) is 0 Å². The Balaban J connectivity index is 2.42. The van der Waals surface area contributed by atoms with Gasteiger partial charge >= 0.3 is 0 Å². The summed E-state index contributed by atoms with van der Waals surface area (Å²) in [5.74, 6) is 0. The first-order valence-electron chi connectivity index (χ1n) is 5.80. The Labute approximate surface area is 120 Å². The highest BCUT2D eigenvalue weighted by Gasteiger charge is 2.40. The van der Waals surface area contributed by atoms with E-state index in [1.54, 1.807) is 0 Å². The van der Waals surface area contributed by atoms with Crippen LogP contribution in [0.25, 0.3) is 0 Å². The molecule has 1 aliphatic rings. The van der Waals surface area contributed by atoms with Crippen molar-refractivity contribution in [3.63, 3.8) is 0 Å². The molecule has 2 rings (SSSR count). The molecule has 0 bridgehead atoms. The predicted octanol–water partition coefficient (Wildman–Crippen LogP) is 4.56. The Bertz CT molecular complexity index is 410. The maximum Gasteiger partial charge on any atom is 0.0644 e. The summed E-state index contributed by atoms with van der Waals surface area (Å²) in [6.45, 7) is 0. The van der Waals surface area contributed by atoms with E-state index in [1.165, 1.54) is 0 Å². The summed E-state index contributed by atoms with van der Waals surface area (Å²) in [7, 11) is 0. The Morgan fingerprint density at radius 3 is 2.65 bits per heavy atom. The Morgan fingerprint density at radius 1 is 1.29 bits per heavy atom. The van der Waals surface area contributed by atoms with Crippen LogP contribution >= 0.6 is 39.1 Å². The first kappa shape index (κ1) is 13.7. The number of hydrogen-bond acceptors (Lipinski definition) is 1. The average Bonchev–Trinajstić information content (AvgIpc) is 2.34. The molecule has 1 fully saturated rings. The van der Waals surface area contributed by atoms with E-state index < -0.39 is 0 Å². The summed E-state index contributed by atoms with van der Waals surface area (Å²) >= 11 is 15.6. The Hall–Kier alpha value is 0.240. The second-order valence-electron chi connectivity index (χ2n) is 4.68. The highest BCUT2D eigenvalue weighted by molar-refractivity contribution is 9.09. The van der Waals surface area contributed by atoms with Gasteiger partial charge in [-0.05, 0) is 30.5 Å². The van der Waals surface area contributed by atoms with E-state index >= 15 is 0 Å². The van der Waals surface area contributed by atoms with Crippen LogP contribution in [0.1, 0.15) is 31.2 Å². The molecule has 2 atom stereocenters. The van der Waals surface area contributed by atoms with E-state index in [0.29, 0.717) is 10.0 Å². The van der Waals surface area contributed by atoms with Crippen LogP contribution < -0.4 is 0 Å². The van der Waals surface area contributed by atoms with E-state index in [2.05, 4.69) is 15.9 Å². The number of hydrogen-bond donors (Lipinski definition) is 1. The molecule has 0 aromatic heterocycles. The molecule has 1 aromatic rings. The zero-order chi connectivity index (χ0) is 12.5. The molecular weight excluding hydrogens is 323 g/mol. The van der Waals surface area contributed by atoms with Gasteiger partial charge in [0.2, 0.25) is 0 Å². The molecule has 0 radical (unpaired) electrons. The third-order valence-corrected chi connectivity index (χ3v) is 5.46. The number of alkyl halides is 1. The normalized spacial score (nSPS) is 29.3. The number of rotatable bonds is 2. The van der Waals surface area contributed by atoms with Crippen LogP contribution in [0.3, 0.4) is 0 Å². The Kier molecular flexibility index (Phi) is 4.40. The van der Waals surface area contributed by atoms with Crippen LogP contribution in [-0.2, 0) is 5.41 Å². The van der Waals surface area contributed by atoms with E-state index in [4.69, 9.17) is 23.2 Å². The monoisotopic (exact) mass is 336 g/mol. The second kappa shape index (κ2) is 5.48. The third kappa shape index (κ3) is 2.51. The van der Waals surface area contributed by atoms with Gasteiger partial charge in [-0.3, -0.25) is 0 Å². The van der Waals surface area contributed by atoms with Crippen molar-refractivity contribution >= 4 is 39.1 Å². The molecular formula is C13H15BrCl2O. The lowest BCUT2D eigenvalue weighted by atomic mass is 9.69. The zero-order valence-electron chi connectivity index (χ0n) is 9.43. The number of aliphatic hydroxyl groups is 1. The van der Waals surface area contributed by atoms with Gasteiger partial charge in [0, 0.05) is 10.7 Å². The van der Waals surface area contributed by atoms with E-state index in [9.17, 15) is 5.11 Å². The van der Waals surface area contributed by atoms with Crippen molar-refractivity contribution in [2.24, 2.45) is 0 Å². The number of halogens is 3. The Morgan fingerprint density at radius 2 is 2.06 bits per heavy atom. The van der Waals surface area contributed by atoms with Crippen LogP contribution in [0, 0.1) is 0 Å². The van der Waals surface area contributed by atoms with Gasteiger partial charge in [0.05, 0.1) is 16.1 Å². The fraction of sp³-hybridized carbons (Fsp3) is 0.538. The maximum atomic E-state index is 10.3. The molecule has 0 spiro atoms. The lowest BCUT2D eigenvalue weighted by Gasteiger charge is -2.41. The van der Waals surface area contributed by atoms with Gasteiger partial charge in [0.25, 0.3) is 0 Å². The summed E-state index contributed by atoms with van der Waals surface area (Å²) < 4.78 is 0. The first-order chi connectivity index (χ1) is 8.10. The lowest BCUT2D eigenvalue weighted by Crippen LogP contribution is -2.43. The van der Waals surface area contributed by atoms with Crippen LogP contribution in [0.4, 0.5) is 0 Å². The maximum absolute atomic E-state index is 10.3. The minimum atomic E-state index is -0.312. The minimum absolute atomic E-state index is 0.216. The van der Waals surface area contributed by atoms with Crippen molar-refractivity contribution in [1.29, 1.82) is 0 Å². The van der Waals surface area contributed by atoms with E-state index in [0.717, 1.165) is 36.6 Å². The minimum Gasteiger partial charge on any atom is -0.392 e. The van der Waals surface area contributed by atoms with Crippen molar-refractivity contribution < 1.29 is 5.11 Å². The number of benzene rings is 1. The molecule has 1 aliphatic carbocycles. The fourth-order valence-corrected chi connectivity index (χ4v) is 3.87. The molecule has 0 unspecified atom stereocenters.